The number of halogens is 2. The molecule has 0 fully saturated rings. The lowest BCUT2D eigenvalue weighted by atomic mass is 10.2. The van der Waals surface area contributed by atoms with Gasteiger partial charge >= 0.3 is 0 Å². The van der Waals surface area contributed by atoms with Crippen molar-refractivity contribution in [2.75, 3.05) is 5.73 Å². The highest BCUT2D eigenvalue weighted by Gasteiger charge is 2.13. The summed E-state index contributed by atoms with van der Waals surface area (Å²) in [7, 11) is 0. The van der Waals surface area contributed by atoms with Crippen LogP contribution in [-0.4, -0.2) is 10.1 Å². The number of nitrogens with zero attached hydrogens (tertiary/aromatic N) is 2. The molecule has 0 unspecified atom stereocenters. The summed E-state index contributed by atoms with van der Waals surface area (Å²) in [6.07, 6.45) is 0. The van der Waals surface area contributed by atoms with Crippen molar-refractivity contribution in [3.05, 3.63) is 50.5 Å². The summed E-state index contributed by atoms with van der Waals surface area (Å²) in [5.74, 6) is 0.977. The lowest BCUT2D eigenvalue weighted by Gasteiger charge is -2.00. The van der Waals surface area contributed by atoms with Crippen LogP contribution in [0.5, 0.6) is 0 Å². The lowest BCUT2D eigenvalue weighted by Crippen LogP contribution is -1.90. The van der Waals surface area contributed by atoms with E-state index in [1.807, 2.05) is 42.5 Å². The summed E-state index contributed by atoms with van der Waals surface area (Å²) in [6, 6.07) is 13.4. The Bertz CT molecular complexity index is 755. The van der Waals surface area contributed by atoms with Gasteiger partial charge in [-0.2, -0.15) is 4.98 Å². The molecule has 0 aliphatic carbocycles. The minimum Gasteiger partial charge on any atom is -0.398 e. The summed E-state index contributed by atoms with van der Waals surface area (Å²) in [5, 5.41) is 4.00. The average molecular weight is 442 g/mol. The molecule has 0 bridgehead atoms. The normalized spacial score (nSPS) is 10.7. The van der Waals surface area contributed by atoms with E-state index < -0.39 is 0 Å². The van der Waals surface area contributed by atoms with Gasteiger partial charge < -0.3 is 10.3 Å². The van der Waals surface area contributed by atoms with Crippen LogP contribution in [0.4, 0.5) is 5.69 Å². The Morgan fingerprint density at radius 1 is 1.10 bits per heavy atom. The van der Waals surface area contributed by atoms with E-state index in [1.54, 1.807) is 0 Å². The van der Waals surface area contributed by atoms with Gasteiger partial charge in [-0.15, -0.1) is 0 Å². The van der Waals surface area contributed by atoms with Gasteiger partial charge in [-0.1, -0.05) is 21.1 Å². The van der Waals surface area contributed by atoms with Crippen LogP contribution < -0.4 is 5.73 Å². The van der Waals surface area contributed by atoms with Gasteiger partial charge in [0, 0.05) is 19.3 Å². The summed E-state index contributed by atoms with van der Waals surface area (Å²) in [4.78, 5) is 4.41. The third-order valence-electron chi connectivity index (χ3n) is 2.77. The molecule has 0 saturated heterocycles. The van der Waals surface area contributed by atoms with E-state index in [9.17, 15) is 0 Å². The molecule has 20 heavy (non-hydrogen) atoms. The fourth-order valence-electron chi connectivity index (χ4n) is 1.76. The smallest absolute Gasteiger partial charge is 0.260 e. The molecule has 0 amide bonds. The number of nitrogen functional groups attached to an aromatic ring is 1. The number of hydrogen-bond donors (Lipinski definition) is 1. The van der Waals surface area contributed by atoms with Crippen LogP contribution in [0.2, 0.25) is 0 Å². The number of aromatic nitrogens is 2. The largest absolute Gasteiger partial charge is 0.398 e. The molecule has 6 heteroatoms. The second kappa shape index (κ2) is 5.53. The van der Waals surface area contributed by atoms with E-state index in [1.165, 1.54) is 0 Å². The molecule has 0 spiro atoms. The van der Waals surface area contributed by atoms with Crippen LogP contribution in [0.1, 0.15) is 0 Å². The van der Waals surface area contributed by atoms with Gasteiger partial charge in [0.05, 0.1) is 5.56 Å². The zero-order valence-electron chi connectivity index (χ0n) is 10.2. The van der Waals surface area contributed by atoms with Crippen molar-refractivity contribution in [1.82, 2.24) is 10.1 Å². The molecular weight excluding hydrogens is 433 g/mol. The molecule has 0 aliphatic heterocycles. The summed E-state index contributed by atoms with van der Waals surface area (Å²) >= 11 is 5.62. The van der Waals surface area contributed by atoms with E-state index in [2.05, 4.69) is 48.7 Å². The number of nitrogens with two attached hydrogens (primary N) is 1. The molecule has 1 aromatic heterocycles. The Hall–Kier alpha value is -1.41. The number of rotatable bonds is 2. The maximum absolute atomic E-state index is 5.95. The molecule has 0 aliphatic rings. The van der Waals surface area contributed by atoms with Crippen LogP contribution in [0.3, 0.4) is 0 Å². The van der Waals surface area contributed by atoms with Gasteiger partial charge in [-0.3, -0.25) is 0 Å². The highest BCUT2D eigenvalue weighted by Crippen LogP contribution is 2.28. The van der Waals surface area contributed by atoms with Crippen LogP contribution in [0.25, 0.3) is 22.8 Å². The van der Waals surface area contributed by atoms with Crippen molar-refractivity contribution in [2.24, 2.45) is 0 Å². The fraction of sp³-hybridized carbons (Fsp3) is 0. The Morgan fingerprint density at radius 2 is 1.85 bits per heavy atom. The fourth-order valence-corrected chi connectivity index (χ4v) is 2.52. The van der Waals surface area contributed by atoms with Crippen molar-refractivity contribution in [3.8, 4) is 22.8 Å². The monoisotopic (exact) mass is 441 g/mol. The standard InChI is InChI=1S/C14H9BrIN3O/c15-9-3-1-8(2-4-9)13-18-14(20-19-13)11-7-10(16)5-6-12(11)17/h1-7H,17H2. The van der Waals surface area contributed by atoms with Crippen LogP contribution in [0.15, 0.2) is 51.5 Å². The quantitative estimate of drug-likeness (QED) is 0.474. The van der Waals surface area contributed by atoms with E-state index >= 15 is 0 Å². The maximum atomic E-state index is 5.95. The van der Waals surface area contributed by atoms with Gasteiger partial charge in [0.15, 0.2) is 0 Å². The predicted octanol–water partition coefficient (Wildman–Crippen LogP) is 4.35. The first-order chi connectivity index (χ1) is 9.63. The molecule has 100 valence electrons. The highest BCUT2D eigenvalue weighted by molar-refractivity contribution is 14.1. The van der Waals surface area contributed by atoms with Crippen LogP contribution >= 0.6 is 38.5 Å². The minimum atomic E-state index is 0.430. The van der Waals surface area contributed by atoms with Gasteiger partial charge in [0.1, 0.15) is 0 Å². The molecule has 2 N–H and O–H groups in total. The van der Waals surface area contributed by atoms with Crippen LogP contribution in [-0.2, 0) is 0 Å². The van der Waals surface area contributed by atoms with Crippen molar-refractivity contribution in [3.63, 3.8) is 0 Å². The molecule has 3 aromatic rings. The molecule has 1 heterocycles. The van der Waals surface area contributed by atoms with E-state index in [4.69, 9.17) is 10.3 Å². The molecule has 0 saturated carbocycles. The summed E-state index contributed by atoms with van der Waals surface area (Å²) in [5.41, 5.74) is 8.23. The van der Waals surface area contributed by atoms with Crippen molar-refractivity contribution < 1.29 is 4.52 Å². The highest BCUT2D eigenvalue weighted by atomic mass is 127. The maximum Gasteiger partial charge on any atom is 0.260 e. The molecule has 4 nitrogen and oxygen atoms in total. The SMILES string of the molecule is Nc1ccc(I)cc1-c1nc(-c2ccc(Br)cc2)no1. The molecular formula is C14H9BrIN3O. The molecule has 0 radical (unpaired) electrons. The zero-order chi connectivity index (χ0) is 14.1. The number of hydrogen-bond acceptors (Lipinski definition) is 4. The minimum absolute atomic E-state index is 0.430. The van der Waals surface area contributed by atoms with Gasteiger partial charge in [-0.05, 0) is 65.1 Å². The number of anilines is 1. The van der Waals surface area contributed by atoms with E-state index in [-0.39, 0.29) is 0 Å². The summed E-state index contributed by atoms with van der Waals surface area (Å²) in [6.45, 7) is 0. The predicted molar refractivity (Wildman–Crippen MR) is 90.0 cm³/mol. The van der Waals surface area contributed by atoms with Crippen LogP contribution in [0, 0.1) is 3.57 Å². The van der Waals surface area contributed by atoms with E-state index in [0.717, 1.165) is 19.2 Å². The van der Waals surface area contributed by atoms with Crippen molar-refractivity contribution >= 4 is 44.2 Å². The van der Waals surface area contributed by atoms with Gasteiger partial charge in [0.25, 0.3) is 5.89 Å². The topological polar surface area (TPSA) is 64.9 Å². The van der Waals surface area contributed by atoms with Crippen molar-refractivity contribution in [2.45, 2.75) is 0 Å². The second-order valence-corrected chi connectivity index (χ2v) is 6.32. The zero-order valence-corrected chi connectivity index (χ0v) is 13.9. The Morgan fingerprint density at radius 3 is 2.60 bits per heavy atom. The Balaban J connectivity index is 2.01. The molecule has 3 rings (SSSR count). The third kappa shape index (κ3) is 2.71. The lowest BCUT2D eigenvalue weighted by molar-refractivity contribution is 0.432. The van der Waals surface area contributed by atoms with Gasteiger partial charge in [0.2, 0.25) is 5.82 Å². The average Bonchev–Trinajstić information content (AvgIpc) is 2.92. The summed E-state index contributed by atoms with van der Waals surface area (Å²) < 4.78 is 7.39. The number of benzene rings is 2. The molecule has 2 aromatic carbocycles. The van der Waals surface area contributed by atoms with E-state index in [0.29, 0.717) is 17.4 Å². The Kier molecular flexibility index (Phi) is 3.75. The third-order valence-corrected chi connectivity index (χ3v) is 3.97. The Labute approximate surface area is 137 Å². The molecule has 0 atom stereocenters. The van der Waals surface area contributed by atoms with Gasteiger partial charge in [-0.25, -0.2) is 0 Å². The van der Waals surface area contributed by atoms with Crippen molar-refractivity contribution in [1.29, 1.82) is 0 Å². The first kappa shape index (κ1) is 13.6. The second-order valence-electron chi connectivity index (χ2n) is 4.16. The first-order valence-corrected chi connectivity index (χ1v) is 7.66. The first-order valence-electron chi connectivity index (χ1n) is 5.78.